The molecule has 0 atom stereocenters. The quantitative estimate of drug-likeness (QED) is 0.672. The van der Waals surface area contributed by atoms with Crippen LogP contribution in [0.1, 0.15) is 37.4 Å². The zero-order valence-corrected chi connectivity index (χ0v) is 14.4. The maximum atomic E-state index is 12.8. The second-order valence-electron chi connectivity index (χ2n) is 6.52. The molecule has 0 N–H and O–H groups in total. The molecule has 3 nitrogen and oxygen atoms in total. The van der Waals surface area contributed by atoms with E-state index in [2.05, 4.69) is 12.1 Å². The van der Waals surface area contributed by atoms with Crippen LogP contribution in [0.3, 0.4) is 0 Å². The van der Waals surface area contributed by atoms with Crippen molar-refractivity contribution in [1.29, 1.82) is 0 Å². The number of hydrogen-bond donors (Lipinski definition) is 0. The minimum atomic E-state index is -0.0310. The van der Waals surface area contributed by atoms with Gasteiger partial charge in [-0.15, -0.1) is 0 Å². The number of ketones is 1. The molecule has 128 valence electrons. The van der Waals surface area contributed by atoms with Gasteiger partial charge in [0.2, 0.25) is 0 Å². The Balaban J connectivity index is 1.50. The van der Waals surface area contributed by atoms with Gasteiger partial charge in [0, 0.05) is 29.8 Å². The monoisotopic (exact) mass is 341 g/mol. The molecule has 3 heteroatoms. The number of fused-ring (bicyclic) bond motifs is 1. The van der Waals surface area contributed by atoms with Gasteiger partial charge < -0.3 is 4.90 Å². The molecule has 0 aliphatic carbocycles. The van der Waals surface area contributed by atoms with Gasteiger partial charge in [0.15, 0.2) is 5.78 Å². The maximum absolute atomic E-state index is 12.8. The highest BCUT2D eigenvalue weighted by molar-refractivity contribution is 6.09. The van der Waals surface area contributed by atoms with E-state index in [9.17, 15) is 9.59 Å². The van der Waals surface area contributed by atoms with E-state index < -0.39 is 0 Å². The molecular formula is C23H19NO2. The summed E-state index contributed by atoms with van der Waals surface area (Å²) in [6.45, 7) is 1.36. The highest BCUT2D eigenvalue weighted by atomic mass is 16.2. The minimum Gasteiger partial charge on any atom is -0.334 e. The van der Waals surface area contributed by atoms with Crippen LogP contribution in [-0.2, 0) is 13.0 Å². The largest absolute Gasteiger partial charge is 0.334 e. The number of nitrogens with zero attached hydrogens (tertiary/aromatic N) is 1. The van der Waals surface area contributed by atoms with Crippen molar-refractivity contribution in [2.75, 3.05) is 6.54 Å². The van der Waals surface area contributed by atoms with Crippen LogP contribution in [-0.4, -0.2) is 23.1 Å². The molecular weight excluding hydrogens is 322 g/mol. The fraction of sp³-hybridized carbons (Fsp3) is 0.130. The van der Waals surface area contributed by atoms with Crippen LogP contribution < -0.4 is 0 Å². The molecule has 0 fully saturated rings. The van der Waals surface area contributed by atoms with Crippen LogP contribution in [0.2, 0.25) is 0 Å². The lowest BCUT2D eigenvalue weighted by atomic mass is 9.98. The Morgan fingerprint density at radius 2 is 1.23 bits per heavy atom. The van der Waals surface area contributed by atoms with Crippen molar-refractivity contribution in [3.63, 3.8) is 0 Å². The Labute approximate surface area is 152 Å². The van der Waals surface area contributed by atoms with Crippen molar-refractivity contribution in [2.24, 2.45) is 0 Å². The summed E-state index contributed by atoms with van der Waals surface area (Å²) in [6.07, 6.45) is 0.881. The van der Waals surface area contributed by atoms with Crippen molar-refractivity contribution >= 4 is 11.7 Å². The number of carbonyl (C=O) groups is 2. The highest BCUT2D eigenvalue weighted by Gasteiger charge is 2.21. The molecule has 0 spiro atoms. The second kappa shape index (κ2) is 6.96. The molecule has 1 amide bonds. The van der Waals surface area contributed by atoms with Gasteiger partial charge in [-0.2, -0.15) is 0 Å². The lowest BCUT2D eigenvalue weighted by Gasteiger charge is -2.29. The standard InChI is InChI=1S/C23H19NO2/c25-22(18-7-2-1-3-8-18)19-10-12-20(13-11-19)23(26)24-15-14-17-6-4-5-9-21(17)16-24/h1-13H,14-16H2. The van der Waals surface area contributed by atoms with E-state index in [1.807, 2.05) is 35.2 Å². The zero-order valence-electron chi connectivity index (χ0n) is 14.4. The Kier molecular flexibility index (Phi) is 4.36. The summed E-state index contributed by atoms with van der Waals surface area (Å²) in [4.78, 5) is 27.1. The average molecular weight is 341 g/mol. The number of rotatable bonds is 3. The topological polar surface area (TPSA) is 37.4 Å². The van der Waals surface area contributed by atoms with E-state index in [-0.39, 0.29) is 11.7 Å². The number of benzene rings is 3. The molecule has 0 saturated heterocycles. The molecule has 0 unspecified atom stereocenters. The summed E-state index contributed by atoms with van der Waals surface area (Å²) in [7, 11) is 0. The summed E-state index contributed by atoms with van der Waals surface area (Å²) in [5.41, 5.74) is 4.40. The molecule has 3 aromatic carbocycles. The first kappa shape index (κ1) is 16.3. The molecule has 26 heavy (non-hydrogen) atoms. The Morgan fingerprint density at radius 1 is 0.654 bits per heavy atom. The molecule has 0 radical (unpaired) electrons. The van der Waals surface area contributed by atoms with Crippen molar-refractivity contribution in [3.8, 4) is 0 Å². The van der Waals surface area contributed by atoms with Crippen LogP contribution >= 0.6 is 0 Å². The van der Waals surface area contributed by atoms with Crippen LogP contribution in [0.5, 0.6) is 0 Å². The fourth-order valence-electron chi connectivity index (χ4n) is 3.37. The molecule has 0 aromatic heterocycles. The van der Waals surface area contributed by atoms with Gasteiger partial charge in [0.05, 0.1) is 0 Å². The van der Waals surface area contributed by atoms with Gasteiger partial charge >= 0.3 is 0 Å². The van der Waals surface area contributed by atoms with Gasteiger partial charge in [-0.25, -0.2) is 0 Å². The minimum absolute atomic E-state index is 0.0122. The summed E-state index contributed by atoms with van der Waals surface area (Å²) in [5, 5.41) is 0. The molecule has 1 aliphatic rings. The predicted molar refractivity (Wildman–Crippen MR) is 101 cm³/mol. The van der Waals surface area contributed by atoms with Gasteiger partial charge in [0.25, 0.3) is 5.91 Å². The zero-order chi connectivity index (χ0) is 17.9. The summed E-state index contributed by atoms with van der Waals surface area (Å²) in [5.74, 6) is -0.0188. The normalized spacial score (nSPS) is 13.2. The lowest BCUT2D eigenvalue weighted by Crippen LogP contribution is -2.35. The molecule has 0 bridgehead atoms. The third-order valence-electron chi connectivity index (χ3n) is 4.85. The van der Waals surface area contributed by atoms with Gasteiger partial charge in [-0.05, 0) is 29.7 Å². The Hall–Kier alpha value is -3.20. The van der Waals surface area contributed by atoms with E-state index in [1.54, 1.807) is 36.4 Å². The van der Waals surface area contributed by atoms with Gasteiger partial charge in [-0.3, -0.25) is 9.59 Å². The van der Waals surface area contributed by atoms with Crippen LogP contribution in [0.25, 0.3) is 0 Å². The van der Waals surface area contributed by atoms with Crippen molar-refractivity contribution in [3.05, 3.63) is 107 Å². The first-order chi connectivity index (χ1) is 12.7. The smallest absolute Gasteiger partial charge is 0.254 e. The van der Waals surface area contributed by atoms with Gasteiger partial charge in [0.1, 0.15) is 0 Å². The average Bonchev–Trinajstić information content (AvgIpc) is 2.73. The fourth-order valence-corrected chi connectivity index (χ4v) is 3.37. The molecule has 1 aliphatic heterocycles. The van der Waals surface area contributed by atoms with Crippen molar-refractivity contribution in [2.45, 2.75) is 13.0 Å². The van der Waals surface area contributed by atoms with Gasteiger partial charge in [-0.1, -0.05) is 66.7 Å². The van der Waals surface area contributed by atoms with E-state index in [4.69, 9.17) is 0 Å². The van der Waals surface area contributed by atoms with Crippen molar-refractivity contribution < 1.29 is 9.59 Å². The highest BCUT2D eigenvalue weighted by Crippen LogP contribution is 2.20. The molecule has 1 heterocycles. The third-order valence-corrected chi connectivity index (χ3v) is 4.85. The molecule has 4 rings (SSSR count). The van der Waals surface area contributed by atoms with E-state index in [0.29, 0.717) is 23.2 Å². The summed E-state index contributed by atoms with van der Waals surface area (Å²) in [6, 6.07) is 24.4. The first-order valence-electron chi connectivity index (χ1n) is 8.78. The predicted octanol–water partition coefficient (Wildman–Crippen LogP) is 4.12. The van der Waals surface area contributed by atoms with Crippen LogP contribution in [0.4, 0.5) is 0 Å². The lowest BCUT2D eigenvalue weighted by molar-refractivity contribution is 0.0734. The number of amides is 1. The van der Waals surface area contributed by atoms with E-state index in [0.717, 1.165) is 13.0 Å². The number of carbonyl (C=O) groups excluding carboxylic acids is 2. The van der Waals surface area contributed by atoms with E-state index >= 15 is 0 Å². The molecule has 0 saturated carbocycles. The number of hydrogen-bond acceptors (Lipinski definition) is 2. The maximum Gasteiger partial charge on any atom is 0.254 e. The van der Waals surface area contributed by atoms with Crippen LogP contribution in [0, 0.1) is 0 Å². The summed E-state index contributed by atoms with van der Waals surface area (Å²) < 4.78 is 0. The SMILES string of the molecule is O=C(c1ccccc1)c1ccc(C(=O)N2CCc3ccccc3C2)cc1. The second-order valence-corrected chi connectivity index (χ2v) is 6.52. The van der Waals surface area contributed by atoms with Crippen molar-refractivity contribution in [1.82, 2.24) is 4.90 Å². The third kappa shape index (κ3) is 3.16. The Morgan fingerprint density at radius 3 is 1.96 bits per heavy atom. The molecule has 3 aromatic rings. The van der Waals surface area contributed by atoms with E-state index in [1.165, 1.54) is 11.1 Å². The van der Waals surface area contributed by atoms with Crippen LogP contribution in [0.15, 0.2) is 78.9 Å². The summed E-state index contributed by atoms with van der Waals surface area (Å²) >= 11 is 0. The first-order valence-corrected chi connectivity index (χ1v) is 8.78. The Bertz CT molecular complexity index is 945.